The van der Waals surface area contributed by atoms with Crippen molar-refractivity contribution in [2.75, 3.05) is 51.8 Å². The summed E-state index contributed by atoms with van der Waals surface area (Å²) in [6.07, 6.45) is 7.55. The maximum atomic E-state index is 13.6. The molecule has 11 heteroatoms. The standard InChI is InChI=1S/C38H52ClN3O6S/c1-24-7-5-9-32(37-46-21-30(48-37)20-41(3)4)31-13-10-28(31)19-42-22-38(16-6-8-26-17-29(39)12-14-33(26)38)23-47-35-15-11-27(18-34(35)42)36(43)40-49(44,45)25(24)2/h11-12,14-15,17-18,24-25,28,30-32,37H,5-10,13,16,19-23H2,1-4H3,(H,40,43)/t24-,25+,28-,30-,31+,32+,37-,38-/m0/s1. The Morgan fingerprint density at radius 1 is 1.04 bits per heavy atom. The first-order valence-electron chi connectivity index (χ1n) is 18.2. The van der Waals surface area contributed by atoms with Gasteiger partial charge in [0.15, 0.2) is 6.29 Å². The minimum absolute atomic E-state index is 0.0411. The van der Waals surface area contributed by atoms with Gasteiger partial charge in [-0.2, -0.15) is 0 Å². The van der Waals surface area contributed by atoms with Crippen molar-refractivity contribution in [1.82, 2.24) is 9.62 Å². The number of nitrogens with one attached hydrogen (secondary N) is 1. The number of carbonyl (C=O) groups excluding carboxylic acids is 1. The van der Waals surface area contributed by atoms with Crippen molar-refractivity contribution >= 4 is 33.2 Å². The molecule has 1 saturated carbocycles. The number of amides is 1. The third kappa shape index (κ3) is 7.10. The van der Waals surface area contributed by atoms with Crippen LogP contribution in [0.1, 0.15) is 80.3 Å². The summed E-state index contributed by atoms with van der Waals surface area (Å²) >= 11 is 6.47. The number of rotatable bonds is 3. The highest BCUT2D eigenvalue weighted by molar-refractivity contribution is 7.90. The number of nitrogens with zero attached hydrogens (tertiary/aromatic N) is 2. The highest BCUT2D eigenvalue weighted by Crippen LogP contribution is 2.49. The zero-order chi connectivity index (χ0) is 34.5. The fourth-order valence-corrected chi connectivity index (χ4v) is 10.7. The average Bonchev–Trinajstić information content (AvgIpc) is 3.44. The van der Waals surface area contributed by atoms with E-state index in [1.807, 2.05) is 25.1 Å². The van der Waals surface area contributed by atoms with E-state index >= 15 is 0 Å². The highest BCUT2D eigenvalue weighted by atomic mass is 35.5. The second kappa shape index (κ2) is 14.0. The Bertz CT molecular complexity index is 1650. The summed E-state index contributed by atoms with van der Waals surface area (Å²) in [6.45, 7) is 7.16. The lowest BCUT2D eigenvalue weighted by Gasteiger charge is -2.47. The molecule has 3 aliphatic heterocycles. The lowest BCUT2D eigenvalue weighted by Crippen LogP contribution is -2.50. The smallest absolute Gasteiger partial charge is 0.264 e. The fraction of sp³-hybridized carbons (Fsp3) is 0.658. The molecule has 2 aliphatic carbocycles. The summed E-state index contributed by atoms with van der Waals surface area (Å²) in [4.78, 5) is 18.1. The molecule has 0 aromatic heterocycles. The number of benzene rings is 2. The number of hydrogen-bond acceptors (Lipinski definition) is 8. The Morgan fingerprint density at radius 3 is 2.65 bits per heavy atom. The molecule has 1 saturated heterocycles. The molecule has 7 rings (SSSR count). The number of hydrogen-bond donors (Lipinski definition) is 1. The number of fused-ring (bicyclic) bond motifs is 4. The van der Waals surface area contributed by atoms with Crippen LogP contribution < -0.4 is 14.4 Å². The molecule has 1 spiro atoms. The molecule has 49 heavy (non-hydrogen) atoms. The summed E-state index contributed by atoms with van der Waals surface area (Å²) in [7, 11) is 0.217. The molecule has 2 aromatic carbocycles. The number of aryl methyl sites for hydroxylation is 1. The van der Waals surface area contributed by atoms with E-state index in [9.17, 15) is 13.2 Å². The number of sulfonamides is 1. The third-order valence-electron chi connectivity index (χ3n) is 12.2. The molecule has 5 aliphatic rings. The van der Waals surface area contributed by atoms with E-state index in [0.717, 1.165) is 87.5 Å². The van der Waals surface area contributed by atoms with E-state index in [-0.39, 0.29) is 29.6 Å². The molecule has 2 fully saturated rings. The van der Waals surface area contributed by atoms with Crippen LogP contribution in [0.4, 0.5) is 5.69 Å². The van der Waals surface area contributed by atoms with E-state index in [1.165, 1.54) is 11.1 Å². The Morgan fingerprint density at radius 2 is 1.88 bits per heavy atom. The van der Waals surface area contributed by atoms with Crippen molar-refractivity contribution in [1.29, 1.82) is 0 Å². The lowest BCUT2D eigenvalue weighted by molar-refractivity contribution is -0.134. The monoisotopic (exact) mass is 713 g/mol. The van der Waals surface area contributed by atoms with Gasteiger partial charge in [-0.05, 0) is 125 Å². The van der Waals surface area contributed by atoms with Crippen molar-refractivity contribution in [3.8, 4) is 5.75 Å². The topological polar surface area (TPSA) is 97.4 Å². The molecular formula is C38H52ClN3O6S. The SMILES string of the molecule is C[C@@H]1[C@@H](C)CCC[C@@H]([C@H]2OC[C@H](CN(C)C)O2)[C@@H]2CC[C@H]2CN2C[C@@]3(CCCc4cc(Cl)ccc43)COc3ccc(cc32)C(=O)NS1(=O)=O. The van der Waals surface area contributed by atoms with Crippen LogP contribution in [-0.2, 0) is 31.3 Å². The predicted molar refractivity (Wildman–Crippen MR) is 192 cm³/mol. The van der Waals surface area contributed by atoms with Gasteiger partial charge in [0.05, 0.1) is 30.3 Å². The minimum atomic E-state index is -3.90. The summed E-state index contributed by atoms with van der Waals surface area (Å²) in [5.41, 5.74) is 3.49. The van der Waals surface area contributed by atoms with Crippen molar-refractivity contribution in [2.45, 2.75) is 88.3 Å². The largest absolute Gasteiger partial charge is 0.490 e. The first kappa shape index (κ1) is 35.1. The Kier molecular flexibility index (Phi) is 10.0. The Hall–Kier alpha value is -2.37. The van der Waals surface area contributed by atoms with Crippen molar-refractivity contribution in [3.63, 3.8) is 0 Å². The molecule has 9 nitrogen and oxygen atoms in total. The average molecular weight is 714 g/mol. The second-order valence-electron chi connectivity index (χ2n) is 15.8. The summed E-state index contributed by atoms with van der Waals surface area (Å²) in [6, 6.07) is 11.6. The van der Waals surface area contributed by atoms with Crippen LogP contribution in [0.5, 0.6) is 5.75 Å². The van der Waals surface area contributed by atoms with Gasteiger partial charge in [0.2, 0.25) is 10.0 Å². The van der Waals surface area contributed by atoms with Gasteiger partial charge < -0.3 is 24.0 Å². The maximum absolute atomic E-state index is 13.6. The normalized spacial score (nSPS) is 34.7. The van der Waals surface area contributed by atoms with Gasteiger partial charge in [0.25, 0.3) is 5.91 Å². The van der Waals surface area contributed by atoms with Gasteiger partial charge in [0.1, 0.15) is 5.75 Å². The molecule has 3 heterocycles. The molecule has 0 radical (unpaired) electrons. The molecule has 2 bridgehead atoms. The first-order valence-corrected chi connectivity index (χ1v) is 20.1. The predicted octanol–water partition coefficient (Wildman–Crippen LogP) is 6.03. The third-order valence-corrected chi connectivity index (χ3v) is 14.3. The van der Waals surface area contributed by atoms with Gasteiger partial charge >= 0.3 is 0 Å². The molecule has 1 amide bonds. The number of ether oxygens (including phenoxy) is 3. The van der Waals surface area contributed by atoms with E-state index < -0.39 is 21.2 Å². The van der Waals surface area contributed by atoms with Gasteiger partial charge in [-0.15, -0.1) is 0 Å². The zero-order valence-electron chi connectivity index (χ0n) is 29.3. The van der Waals surface area contributed by atoms with E-state index in [1.54, 1.807) is 13.0 Å². The Balaban J connectivity index is 1.27. The van der Waals surface area contributed by atoms with E-state index in [0.29, 0.717) is 30.6 Å². The number of anilines is 1. The summed E-state index contributed by atoms with van der Waals surface area (Å²) in [5, 5.41) is 0.0311. The molecule has 268 valence electrons. The maximum Gasteiger partial charge on any atom is 0.264 e. The first-order chi connectivity index (χ1) is 23.4. The lowest BCUT2D eigenvalue weighted by atomic mass is 9.64. The number of halogens is 1. The van der Waals surface area contributed by atoms with Gasteiger partial charge in [-0.3, -0.25) is 4.79 Å². The molecular weight excluding hydrogens is 662 g/mol. The van der Waals surface area contributed by atoms with Gasteiger partial charge in [-0.25, -0.2) is 13.1 Å². The highest BCUT2D eigenvalue weighted by Gasteiger charge is 2.47. The van der Waals surface area contributed by atoms with Gasteiger partial charge in [-0.1, -0.05) is 31.0 Å². The van der Waals surface area contributed by atoms with Crippen LogP contribution in [0.25, 0.3) is 0 Å². The van der Waals surface area contributed by atoms with Crippen LogP contribution in [0.3, 0.4) is 0 Å². The van der Waals surface area contributed by atoms with Crippen molar-refractivity contribution < 1.29 is 27.4 Å². The van der Waals surface area contributed by atoms with Gasteiger partial charge in [0, 0.05) is 41.6 Å². The zero-order valence-corrected chi connectivity index (χ0v) is 30.9. The van der Waals surface area contributed by atoms with Crippen molar-refractivity contribution in [3.05, 3.63) is 58.1 Å². The number of carbonyl (C=O) groups is 1. The van der Waals surface area contributed by atoms with E-state index in [4.69, 9.17) is 25.8 Å². The van der Waals surface area contributed by atoms with Crippen LogP contribution in [0.2, 0.25) is 5.02 Å². The van der Waals surface area contributed by atoms with Crippen LogP contribution in [0.15, 0.2) is 36.4 Å². The van der Waals surface area contributed by atoms with Crippen LogP contribution in [0, 0.1) is 23.7 Å². The fourth-order valence-electron chi connectivity index (χ4n) is 9.17. The van der Waals surface area contributed by atoms with Crippen LogP contribution >= 0.6 is 11.6 Å². The Labute approximate surface area is 297 Å². The molecule has 0 unspecified atom stereocenters. The second-order valence-corrected chi connectivity index (χ2v) is 18.2. The van der Waals surface area contributed by atoms with Crippen LogP contribution in [-0.4, -0.2) is 83.8 Å². The summed E-state index contributed by atoms with van der Waals surface area (Å²) < 4.78 is 49.0. The molecule has 2 aromatic rings. The quantitative estimate of drug-likeness (QED) is 0.412. The molecule has 1 N–H and O–H groups in total. The molecule has 8 atom stereocenters. The van der Waals surface area contributed by atoms with Crippen molar-refractivity contribution in [2.24, 2.45) is 23.7 Å². The summed E-state index contributed by atoms with van der Waals surface area (Å²) in [5.74, 6) is 1.06. The van der Waals surface area contributed by atoms with E-state index in [2.05, 4.69) is 40.7 Å². The minimum Gasteiger partial charge on any atom is -0.490 e. The number of likely N-dealkylation sites (N-methyl/N-ethyl adjacent to an activating group) is 1.